The van der Waals surface area contributed by atoms with E-state index in [2.05, 4.69) is 5.32 Å². The van der Waals surface area contributed by atoms with E-state index in [1.54, 1.807) is 6.07 Å². The first-order chi connectivity index (χ1) is 9.11. The van der Waals surface area contributed by atoms with Crippen LogP contribution in [-0.4, -0.2) is 12.5 Å². The number of hydrogen-bond donors (Lipinski definition) is 2. The Bertz CT molecular complexity index is 433. The molecule has 3 nitrogen and oxygen atoms in total. The first-order valence-electron chi connectivity index (χ1n) is 6.88. The largest absolute Gasteiger partial charge is 0.330 e. The number of aryl methyl sites for hydroxylation is 1. The van der Waals surface area contributed by atoms with Crippen LogP contribution in [0.15, 0.2) is 18.2 Å². The van der Waals surface area contributed by atoms with Crippen LogP contribution in [0.25, 0.3) is 0 Å². The maximum atomic E-state index is 12.3. The van der Waals surface area contributed by atoms with Gasteiger partial charge in [-0.05, 0) is 56.7 Å². The Kier molecular flexibility index (Phi) is 4.83. The fourth-order valence-corrected chi connectivity index (χ4v) is 2.94. The molecule has 0 spiro atoms. The minimum Gasteiger partial charge on any atom is -0.330 e. The average Bonchev–Trinajstić information content (AvgIpc) is 2.43. The Hall–Kier alpha value is -1.06. The molecule has 0 radical (unpaired) electrons. The van der Waals surface area contributed by atoms with Gasteiger partial charge in [0.15, 0.2) is 0 Å². The molecule has 2 rings (SSSR count). The van der Waals surface area contributed by atoms with Gasteiger partial charge in [0, 0.05) is 5.92 Å². The van der Waals surface area contributed by atoms with Crippen LogP contribution in [0.5, 0.6) is 0 Å². The van der Waals surface area contributed by atoms with Crippen LogP contribution >= 0.6 is 11.6 Å². The second-order valence-corrected chi connectivity index (χ2v) is 5.78. The number of halogens is 1. The van der Waals surface area contributed by atoms with Crippen LogP contribution in [0.2, 0.25) is 5.02 Å². The first-order valence-corrected chi connectivity index (χ1v) is 7.25. The Labute approximate surface area is 119 Å². The lowest BCUT2D eigenvalue weighted by Crippen LogP contribution is -2.29. The third-order valence-corrected chi connectivity index (χ3v) is 4.34. The van der Waals surface area contributed by atoms with E-state index in [1.165, 1.54) is 0 Å². The minimum absolute atomic E-state index is 0.0895. The molecule has 1 saturated carbocycles. The molecule has 0 bridgehead atoms. The van der Waals surface area contributed by atoms with Gasteiger partial charge in [-0.25, -0.2) is 0 Å². The molecular weight excluding hydrogens is 260 g/mol. The molecule has 1 aliphatic rings. The van der Waals surface area contributed by atoms with Crippen molar-refractivity contribution in [3.8, 4) is 0 Å². The maximum Gasteiger partial charge on any atom is 0.227 e. The van der Waals surface area contributed by atoms with E-state index >= 15 is 0 Å². The second-order valence-electron chi connectivity index (χ2n) is 5.37. The number of carbonyl (C=O) groups is 1. The quantitative estimate of drug-likeness (QED) is 0.892. The molecule has 3 N–H and O–H groups in total. The van der Waals surface area contributed by atoms with Crippen molar-refractivity contribution >= 4 is 23.2 Å². The Morgan fingerprint density at radius 3 is 2.63 bits per heavy atom. The predicted molar refractivity (Wildman–Crippen MR) is 79.3 cm³/mol. The van der Waals surface area contributed by atoms with Gasteiger partial charge in [-0.1, -0.05) is 23.7 Å². The van der Waals surface area contributed by atoms with E-state index in [0.717, 1.165) is 43.5 Å². The van der Waals surface area contributed by atoms with Gasteiger partial charge in [0.1, 0.15) is 0 Å². The van der Waals surface area contributed by atoms with Gasteiger partial charge in [-0.3, -0.25) is 4.79 Å². The lowest BCUT2D eigenvalue weighted by Gasteiger charge is -2.27. The number of nitrogens with one attached hydrogen (secondary N) is 1. The van der Waals surface area contributed by atoms with E-state index in [9.17, 15) is 4.79 Å². The highest BCUT2D eigenvalue weighted by atomic mass is 35.5. The summed E-state index contributed by atoms with van der Waals surface area (Å²) in [5, 5.41) is 3.58. The molecule has 104 valence electrons. The number of rotatable bonds is 3. The summed E-state index contributed by atoms with van der Waals surface area (Å²) in [6.07, 6.45) is 3.96. The van der Waals surface area contributed by atoms with Crippen molar-refractivity contribution in [2.75, 3.05) is 11.9 Å². The van der Waals surface area contributed by atoms with Crippen molar-refractivity contribution in [3.05, 3.63) is 28.8 Å². The summed E-state index contributed by atoms with van der Waals surface area (Å²) >= 11 is 6.13. The lowest BCUT2D eigenvalue weighted by atomic mass is 9.81. The van der Waals surface area contributed by atoms with Gasteiger partial charge >= 0.3 is 0 Å². The van der Waals surface area contributed by atoms with Gasteiger partial charge in [0.25, 0.3) is 0 Å². The Morgan fingerprint density at radius 1 is 1.37 bits per heavy atom. The molecule has 0 atom stereocenters. The first kappa shape index (κ1) is 14.4. The summed E-state index contributed by atoms with van der Waals surface area (Å²) in [4.78, 5) is 12.3. The molecule has 0 aromatic heterocycles. The molecule has 1 aromatic carbocycles. The molecule has 4 heteroatoms. The summed E-state index contributed by atoms with van der Waals surface area (Å²) < 4.78 is 0. The number of anilines is 1. The normalized spacial score (nSPS) is 23.1. The minimum atomic E-state index is 0.0895. The summed E-state index contributed by atoms with van der Waals surface area (Å²) in [6, 6.07) is 5.64. The van der Waals surface area contributed by atoms with E-state index in [-0.39, 0.29) is 11.8 Å². The van der Waals surface area contributed by atoms with Crippen molar-refractivity contribution in [2.24, 2.45) is 17.6 Å². The summed E-state index contributed by atoms with van der Waals surface area (Å²) in [6.45, 7) is 2.69. The standard InChI is InChI=1S/C15H21ClN2O/c1-10-3-2-4-13(16)14(10)18-15(19)12-7-5-11(9-17)6-8-12/h2-4,11-12H,5-9,17H2,1H3,(H,18,19). The molecule has 1 fully saturated rings. The topological polar surface area (TPSA) is 55.1 Å². The highest BCUT2D eigenvalue weighted by molar-refractivity contribution is 6.33. The zero-order chi connectivity index (χ0) is 13.8. The fraction of sp³-hybridized carbons (Fsp3) is 0.533. The van der Waals surface area contributed by atoms with E-state index < -0.39 is 0 Å². The van der Waals surface area contributed by atoms with Gasteiger partial charge in [0.2, 0.25) is 5.91 Å². The van der Waals surface area contributed by atoms with Crippen LogP contribution in [0.1, 0.15) is 31.2 Å². The summed E-state index contributed by atoms with van der Waals surface area (Å²) in [7, 11) is 0. The van der Waals surface area contributed by atoms with Crippen LogP contribution in [0.3, 0.4) is 0 Å². The van der Waals surface area contributed by atoms with Crippen molar-refractivity contribution in [3.63, 3.8) is 0 Å². The number of nitrogens with two attached hydrogens (primary N) is 1. The lowest BCUT2D eigenvalue weighted by molar-refractivity contribution is -0.121. The predicted octanol–water partition coefficient (Wildman–Crippen LogP) is 3.35. The van der Waals surface area contributed by atoms with Gasteiger partial charge in [-0.2, -0.15) is 0 Å². The number of carbonyl (C=O) groups excluding carboxylic acids is 1. The van der Waals surface area contributed by atoms with Crippen molar-refractivity contribution in [1.82, 2.24) is 0 Å². The Morgan fingerprint density at radius 2 is 2.05 bits per heavy atom. The number of hydrogen-bond acceptors (Lipinski definition) is 2. The average molecular weight is 281 g/mol. The number of para-hydroxylation sites is 1. The molecule has 1 amide bonds. The van der Waals surface area contributed by atoms with Crippen molar-refractivity contribution in [2.45, 2.75) is 32.6 Å². The highest BCUT2D eigenvalue weighted by Crippen LogP contribution is 2.31. The van der Waals surface area contributed by atoms with Crippen LogP contribution in [-0.2, 0) is 4.79 Å². The third kappa shape index (κ3) is 3.48. The summed E-state index contributed by atoms with van der Waals surface area (Å²) in [5.41, 5.74) is 7.41. The van der Waals surface area contributed by atoms with E-state index in [4.69, 9.17) is 17.3 Å². The zero-order valence-corrected chi connectivity index (χ0v) is 12.0. The fourth-order valence-electron chi connectivity index (χ4n) is 2.68. The molecule has 0 unspecified atom stereocenters. The molecule has 19 heavy (non-hydrogen) atoms. The highest BCUT2D eigenvalue weighted by Gasteiger charge is 2.26. The number of amides is 1. The van der Waals surface area contributed by atoms with Gasteiger partial charge < -0.3 is 11.1 Å². The van der Waals surface area contributed by atoms with Crippen LogP contribution < -0.4 is 11.1 Å². The molecular formula is C15H21ClN2O. The SMILES string of the molecule is Cc1cccc(Cl)c1NC(=O)C1CCC(CN)CC1. The molecule has 0 saturated heterocycles. The second kappa shape index (κ2) is 6.40. The van der Waals surface area contributed by atoms with Crippen LogP contribution in [0, 0.1) is 18.8 Å². The van der Waals surface area contributed by atoms with Crippen molar-refractivity contribution < 1.29 is 4.79 Å². The molecule has 1 aliphatic carbocycles. The monoisotopic (exact) mass is 280 g/mol. The van der Waals surface area contributed by atoms with E-state index in [0.29, 0.717) is 10.9 Å². The van der Waals surface area contributed by atoms with Gasteiger partial charge in [0.05, 0.1) is 10.7 Å². The van der Waals surface area contributed by atoms with Crippen molar-refractivity contribution in [1.29, 1.82) is 0 Å². The number of benzene rings is 1. The third-order valence-electron chi connectivity index (χ3n) is 4.02. The smallest absolute Gasteiger partial charge is 0.227 e. The maximum absolute atomic E-state index is 12.3. The molecule has 1 aromatic rings. The Balaban J connectivity index is 1.98. The van der Waals surface area contributed by atoms with E-state index in [1.807, 2.05) is 19.1 Å². The molecule has 0 heterocycles. The summed E-state index contributed by atoms with van der Waals surface area (Å²) in [5.74, 6) is 0.774. The zero-order valence-electron chi connectivity index (χ0n) is 11.3. The van der Waals surface area contributed by atoms with Crippen LogP contribution in [0.4, 0.5) is 5.69 Å². The van der Waals surface area contributed by atoms with Gasteiger partial charge in [-0.15, -0.1) is 0 Å². The molecule has 0 aliphatic heterocycles.